The van der Waals surface area contributed by atoms with E-state index in [1.54, 1.807) is 10.9 Å². The number of carbonyl (C=O) groups is 1. The molecule has 0 atom stereocenters. The van der Waals surface area contributed by atoms with Gasteiger partial charge in [-0.25, -0.2) is 0 Å². The number of nitrogens with one attached hydrogen (secondary N) is 1. The third kappa shape index (κ3) is 3.20. The molecule has 1 heterocycles. The van der Waals surface area contributed by atoms with Gasteiger partial charge in [0, 0.05) is 18.3 Å². The van der Waals surface area contributed by atoms with Crippen molar-refractivity contribution in [3.63, 3.8) is 0 Å². The lowest BCUT2D eigenvalue weighted by atomic mass is 10.1. The lowest BCUT2D eigenvalue weighted by molar-refractivity contribution is 0.0950. The van der Waals surface area contributed by atoms with Crippen LogP contribution in [0.5, 0.6) is 0 Å². The number of rotatable bonds is 4. The minimum Gasteiger partial charge on any atom is -0.346 e. The summed E-state index contributed by atoms with van der Waals surface area (Å²) >= 11 is 6.07. The van der Waals surface area contributed by atoms with E-state index >= 15 is 0 Å². The van der Waals surface area contributed by atoms with Crippen molar-refractivity contribution in [2.45, 2.75) is 33.9 Å². The number of carbonyl (C=O) groups excluding carboxylic acids is 1. The second-order valence-electron chi connectivity index (χ2n) is 4.78. The molecule has 0 aliphatic carbocycles. The normalized spacial score (nSPS) is 10.6. The number of hydrogen-bond acceptors (Lipinski definition) is 2. The Morgan fingerprint density at radius 1 is 1.40 bits per heavy atom. The van der Waals surface area contributed by atoms with Gasteiger partial charge in [0.25, 0.3) is 5.91 Å². The Bertz CT molecular complexity index is 634. The van der Waals surface area contributed by atoms with Crippen molar-refractivity contribution in [3.8, 4) is 0 Å². The Morgan fingerprint density at radius 3 is 2.75 bits per heavy atom. The van der Waals surface area contributed by atoms with E-state index in [0.29, 0.717) is 22.8 Å². The van der Waals surface area contributed by atoms with Crippen LogP contribution < -0.4 is 5.32 Å². The van der Waals surface area contributed by atoms with Crippen molar-refractivity contribution in [2.75, 3.05) is 0 Å². The van der Waals surface area contributed by atoms with Crippen LogP contribution in [0.2, 0.25) is 5.02 Å². The Morgan fingerprint density at radius 2 is 2.15 bits per heavy atom. The maximum absolute atomic E-state index is 12.1. The fraction of sp³-hybridized carbons (Fsp3) is 0.333. The van der Waals surface area contributed by atoms with Gasteiger partial charge in [0.05, 0.1) is 11.6 Å². The second kappa shape index (κ2) is 6.09. The molecule has 1 amide bonds. The lowest BCUT2D eigenvalue weighted by Crippen LogP contribution is -2.24. The molecule has 0 aliphatic heterocycles. The van der Waals surface area contributed by atoms with E-state index in [4.69, 9.17) is 11.6 Å². The monoisotopic (exact) mass is 291 g/mol. The van der Waals surface area contributed by atoms with Gasteiger partial charge in [-0.3, -0.25) is 9.48 Å². The molecule has 0 fully saturated rings. The van der Waals surface area contributed by atoms with Gasteiger partial charge in [-0.2, -0.15) is 5.10 Å². The van der Waals surface area contributed by atoms with Gasteiger partial charge in [-0.15, -0.1) is 0 Å². The van der Waals surface area contributed by atoms with Crippen molar-refractivity contribution in [2.24, 2.45) is 0 Å². The average Bonchev–Trinajstić information content (AvgIpc) is 2.76. The minimum absolute atomic E-state index is 0.107. The van der Waals surface area contributed by atoms with Crippen LogP contribution in [0.3, 0.4) is 0 Å². The van der Waals surface area contributed by atoms with Gasteiger partial charge >= 0.3 is 0 Å². The van der Waals surface area contributed by atoms with Gasteiger partial charge in [0.2, 0.25) is 0 Å². The van der Waals surface area contributed by atoms with Crippen molar-refractivity contribution >= 4 is 17.5 Å². The molecule has 0 radical (unpaired) electrons. The number of halogens is 1. The first kappa shape index (κ1) is 14.6. The summed E-state index contributed by atoms with van der Waals surface area (Å²) in [6.07, 6.45) is 1.76. The zero-order chi connectivity index (χ0) is 14.7. The van der Waals surface area contributed by atoms with E-state index in [2.05, 4.69) is 10.4 Å². The van der Waals surface area contributed by atoms with E-state index in [-0.39, 0.29) is 5.91 Å². The number of nitrogens with zero attached hydrogens (tertiary/aromatic N) is 2. The number of amides is 1. The molecule has 5 heteroatoms. The quantitative estimate of drug-likeness (QED) is 0.941. The zero-order valence-corrected chi connectivity index (χ0v) is 12.7. The first-order chi connectivity index (χ1) is 9.51. The molecule has 0 spiro atoms. The van der Waals surface area contributed by atoms with Crippen LogP contribution in [-0.4, -0.2) is 15.7 Å². The van der Waals surface area contributed by atoms with Crippen LogP contribution in [0.25, 0.3) is 0 Å². The van der Waals surface area contributed by atoms with Crippen LogP contribution in [0.4, 0.5) is 0 Å². The average molecular weight is 292 g/mol. The maximum Gasteiger partial charge on any atom is 0.251 e. The Hall–Kier alpha value is -1.81. The highest BCUT2D eigenvalue weighted by molar-refractivity contribution is 6.31. The molecule has 1 aromatic carbocycles. The SMILES string of the molecule is CCn1cc(Cl)c(CNC(=O)c2ccc(C)cc2C)n1. The molecule has 4 nitrogen and oxygen atoms in total. The van der Waals surface area contributed by atoms with Crippen molar-refractivity contribution in [1.29, 1.82) is 0 Å². The largest absolute Gasteiger partial charge is 0.346 e. The molecule has 0 saturated heterocycles. The second-order valence-corrected chi connectivity index (χ2v) is 5.19. The predicted molar refractivity (Wildman–Crippen MR) is 80.0 cm³/mol. The van der Waals surface area contributed by atoms with Crippen LogP contribution in [0, 0.1) is 13.8 Å². The summed E-state index contributed by atoms with van der Waals surface area (Å²) in [6.45, 7) is 7.01. The van der Waals surface area contributed by atoms with E-state index < -0.39 is 0 Å². The van der Waals surface area contributed by atoms with E-state index in [9.17, 15) is 4.79 Å². The molecule has 2 rings (SSSR count). The highest BCUT2D eigenvalue weighted by Gasteiger charge is 2.11. The summed E-state index contributed by atoms with van der Waals surface area (Å²) < 4.78 is 1.75. The molecule has 1 N–H and O–H groups in total. The summed E-state index contributed by atoms with van der Waals surface area (Å²) in [4.78, 5) is 12.1. The van der Waals surface area contributed by atoms with Gasteiger partial charge in [0.1, 0.15) is 5.69 Å². The number of aryl methyl sites for hydroxylation is 3. The van der Waals surface area contributed by atoms with Gasteiger partial charge < -0.3 is 5.32 Å². The Kier molecular flexibility index (Phi) is 4.45. The first-order valence-corrected chi connectivity index (χ1v) is 6.96. The first-order valence-electron chi connectivity index (χ1n) is 6.58. The Balaban J connectivity index is 2.06. The summed E-state index contributed by atoms with van der Waals surface area (Å²) in [5, 5.41) is 7.73. The summed E-state index contributed by atoms with van der Waals surface area (Å²) in [6, 6.07) is 5.76. The minimum atomic E-state index is -0.107. The highest BCUT2D eigenvalue weighted by atomic mass is 35.5. The van der Waals surface area contributed by atoms with E-state index in [1.807, 2.05) is 39.0 Å². The van der Waals surface area contributed by atoms with E-state index in [0.717, 1.165) is 17.7 Å². The Labute approximate surface area is 123 Å². The molecule has 2 aromatic rings. The molecule has 106 valence electrons. The fourth-order valence-corrected chi connectivity index (χ4v) is 2.26. The van der Waals surface area contributed by atoms with Crippen LogP contribution >= 0.6 is 11.6 Å². The van der Waals surface area contributed by atoms with E-state index in [1.165, 1.54) is 0 Å². The molecular formula is C15H18ClN3O. The summed E-state index contributed by atoms with van der Waals surface area (Å²) in [7, 11) is 0. The molecule has 0 aliphatic rings. The summed E-state index contributed by atoms with van der Waals surface area (Å²) in [5.74, 6) is -0.107. The third-order valence-electron chi connectivity index (χ3n) is 3.15. The molecule has 0 bridgehead atoms. The topological polar surface area (TPSA) is 46.9 Å². The molecular weight excluding hydrogens is 274 g/mol. The van der Waals surface area contributed by atoms with Crippen molar-refractivity contribution < 1.29 is 4.79 Å². The van der Waals surface area contributed by atoms with Crippen LogP contribution in [0.1, 0.15) is 34.1 Å². The maximum atomic E-state index is 12.1. The fourth-order valence-electron chi connectivity index (χ4n) is 2.05. The number of benzene rings is 1. The van der Waals surface area contributed by atoms with Crippen molar-refractivity contribution in [1.82, 2.24) is 15.1 Å². The molecule has 20 heavy (non-hydrogen) atoms. The van der Waals surface area contributed by atoms with Crippen molar-refractivity contribution in [3.05, 3.63) is 51.8 Å². The van der Waals surface area contributed by atoms with Gasteiger partial charge in [0.15, 0.2) is 0 Å². The predicted octanol–water partition coefficient (Wildman–Crippen LogP) is 3.10. The highest BCUT2D eigenvalue weighted by Crippen LogP contribution is 2.14. The number of aromatic nitrogens is 2. The molecule has 0 unspecified atom stereocenters. The smallest absolute Gasteiger partial charge is 0.251 e. The number of hydrogen-bond donors (Lipinski definition) is 1. The van der Waals surface area contributed by atoms with Crippen LogP contribution in [0.15, 0.2) is 24.4 Å². The molecule has 0 saturated carbocycles. The third-order valence-corrected chi connectivity index (χ3v) is 3.47. The lowest BCUT2D eigenvalue weighted by Gasteiger charge is -2.07. The summed E-state index contributed by atoms with van der Waals surface area (Å²) in [5.41, 5.74) is 3.48. The van der Waals surface area contributed by atoms with Gasteiger partial charge in [-0.1, -0.05) is 29.3 Å². The van der Waals surface area contributed by atoms with Gasteiger partial charge in [-0.05, 0) is 32.4 Å². The standard InChI is InChI=1S/C15H18ClN3O/c1-4-19-9-13(16)14(18-19)8-17-15(20)12-6-5-10(2)7-11(12)3/h5-7,9H,4,8H2,1-3H3,(H,17,20). The molecule has 1 aromatic heterocycles. The zero-order valence-electron chi connectivity index (χ0n) is 11.9. The van der Waals surface area contributed by atoms with Crippen LogP contribution in [-0.2, 0) is 13.1 Å².